The minimum atomic E-state index is -0.939. The van der Waals surface area contributed by atoms with Gasteiger partial charge < -0.3 is 42.6 Å². The van der Waals surface area contributed by atoms with E-state index in [2.05, 4.69) is 15.6 Å². The number of benzene rings is 1. The van der Waals surface area contributed by atoms with Gasteiger partial charge in [-0.1, -0.05) is 30.3 Å². The van der Waals surface area contributed by atoms with Crippen LogP contribution in [0, 0.1) is 0 Å². The number of nitrogens with one attached hydrogen (secondary N) is 2. The number of rotatable bonds is 8. The van der Waals surface area contributed by atoms with E-state index in [4.69, 9.17) is 31.8 Å². The van der Waals surface area contributed by atoms with Crippen molar-refractivity contribution in [1.82, 2.24) is 20.4 Å². The second-order valence-electron chi connectivity index (χ2n) is 8.83. The Morgan fingerprint density at radius 3 is 2.23 bits per heavy atom. The van der Waals surface area contributed by atoms with Gasteiger partial charge in [-0.25, -0.2) is 9.59 Å². The van der Waals surface area contributed by atoms with Crippen molar-refractivity contribution in [3.8, 4) is 0 Å². The van der Waals surface area contributed by atoms with Gasteiger partial charge in [-0.05, 0) is 31.2 Å². The fourth-order valence-corrected chi connectivity index (χ4v) is 3.73. The molecule has 2 rings (SSSR count). The molecular formula is C25H40N8O7. The number of nitrogens with two attached hydrogens (primary N) is 3. The van der Waals surface area contributed by atoms with E-state index in [1.165, 1.54) is 9.80 Å². The molecule has 15 nitrogen and oxygen atoms in total. The average molecular weight is 565 g/mol. The SMILES string of the molecule is CC(=O)O.NC(=O)CN1CCCNC(=O)NCCCN(C(=O)OCc2ccccc2)[C@@H](CCCN=C(N)N)C1=O. The number of urea groups is 1. The van der Waals surface area contributed by atoms with Crippen molar-refractivity contribution < 1.29 is 33.8 Å². The van der Waals surface area contributed by atoms with Crippen LogP contribution in [0.4, 0.5) is 9.59 Å². The molecule has 9 N–H and O–H groups in total. The van der Waals surface area contributed by atoms with Gasteiger partial charge in [0.15, 0.2) is 5.96 Å². The molecule has 1 heterocycles. The number of amides is 5. The number of carboxylic acid groups (broad SMARTS) is 1. The van der Waals surface area contributed by atoms with E-state index in [0.29, 0.717) is 25.8 Å². The van der Waals surface area contributed by atoms with Gasteiger partial charge in [0.05, 0.1) is 6.54 Å². The van der Waals surface area contributed by atoms with Crippen LogP contribution in [0.3, 0.4) is 0 Å². The third kappa shape index (κ3) is 14.4. The van der Waals surface area contributed by atoms with Crippen molar-refractivity contribution in [2.75, 3.05) is 39.3 Å². The Bertz CT molecular complexity index is 998. The molecule has 0 saturated carbocycles. The first-order chi connectivity index (χ1) is 19.0. The number of carboxylic acids is 1. The van der Waals surface area contributed by atoms with Crippen molar-refractivity contribution in [3.63, 3.8) is 0 Å². The van der Waals surface area contributed by atoms with Gasteiger partial charge in [0.25, 0.3) is 5.97 Å². The van der Waals surface area contributed by atoms with Gasteiger partial charge in [0, 0.05) is 39.6 Å². The number of carbonyl (C=O) groups is 5. The van der Waals surface area contributed by atoms with Crippen LogP contribution in [0.5, 0.6) is 0 Å². The first-order valence-corrected chi connectivity index (χ1v) is 12.8. The number of hydrogen-bond donors (Lipinski definition) is 6. The molecule has 0 radical (unpaired) electrons. The summed E-state index contributed by atoms with van der Waals surface area (Å²) in [6.07, 6.45) is 0.722. The molecular weight excluding hydrogens is 524 g/mol. The van der Waals surface area contributed by atoms with Crippen LogP contribution in [0.1, 0.15) is 38.2 Å². The minimum absolute atomic E-state index is 0.0245. The largest absolute Gasteiger partial charge is 0.481 e. The number of carbonyl (C=O) groups excluding carboxylic acids is 4. The zero-order valence-corrected chi connectivity index (χ0v) is 22.7. The highest BCUT2D eigenvalue weighted by Gasteiger charge is 2.34. The van der Waals surface area contributed by atoms with Crippen molar-refractivity contribution in [1.29, 1.82) is 0 Å². The molecule has 1 aliphatic rings. The van der Waals surface area contributed by atoms with Crippen LogP contribution in [0.15, 0.2) is 35.3 Å². The molecule has 0 spiro atoms. The molecule has 5 amide bonds. The van der Waals surface area contributed by atoms with E-state index < -0.39 is 29.9 Å². The molecule has 1 aromatic rings. The molecule has 15 heteroatoms. The topological polar surface area (TPSA) is 236 Å². The number of primary amides is 1. The minimum Gasteiger partial charge on any atom is -0.481 e. The summed E-state index contributed by atoms with van der Waals surface area (Å²) in [5.41, 5.74) is 17.0. The fraction of sp³-hybridized carbons (Fsp3) is 0.520. The van der Waals surface area contributed by atoms with Crippen LogP contribution in [0.2, 0.25) is 0 Å². The van der Waals surface area contributed by atoms with Gasteiger partial charge >= 0.3 is 12.1 Å². The van der Waals surface area contributed by atoms with Crippen LogP contribution >= 0.6 is 0 Å². The maximum Gasteiger partial charge on any atom is 0.410 e. The first-order valence-electron chi connectivity index (χ1n) is 12.8. The van der Waals surface area contributed by atoms with Gasteiger partial charge in [0.1, 0.15) is 12.6 Å². The Hall–Kier alpha value is -4.56. The normalized spacial score (nSPS) is 16.4. The summed E-state index contributed by atoms with van der Waals surface area (Å²) in [6, 6.07) is 7.87. The first kappa shape index (κ1) is 33.5. The molecule has 1 atom stereocenters. The summed E-state index contributed by atoms with van der Waals surface area (Å²) in [4.78, 5) is 66.1. The van der Waals surface area contributed by atoms with Gasteiger partial charge in [-0.3, -0.25) is 24.3 Å². The molecule has 1 saturated heterocycles. The zero-order chi connectivity index (χ0) is 29.9. The molecule has 0 unspecified atom stereocenters. The number of guanidine groups is 1. The summed E-state index contributed by atoms with van der Waals surface area (Å²) < 4.78 is 5.53. The highest BCUT2D eigenvalue weighted by atomic mass is 16.6. The monoisotopic (exact) mass is 564 g/mol. The quantitative estimate of drug-likeness (QED) is 0.136. The summed E-state index contributed by atoms with van der Waals surface area (Å²) in [5.74, 6) is -2.03. The number of nitrogens with zero attached hydrogens (tertiary/aromatic N) is 3. The van der Waals surface area contributed by atoms with Crippen molar-refractivity contribution in [2.24, 2.45) is 22.2 Å². The Balaban J connectivity index is 0.00000187. The highest BCUT2D eigenvalue weighted by molar-refractivity contribution is 5.89. The average Bonchev–Trinajstić information content (AvgIpc) is 2.90. The lowest BCUT2D eigenvalue weighted by Gasteiger charge is -2.34. The molecule has 40 heavy (non-hydrogen) atoms. The second kappa shape index (κ2) is 18.7. The smallest absolute Gasteiger partial charge is 0.410 e. The highest BCUT2D eigenvalue weighted by Crippen LogP contribution is 2.16. The maximum absolute atomic E-state index is 13.6. The molecule has 1 aliphatic heterocycles. The van der Waals surface area contributed by atoms with Crippen LogP contribution in [-0.4, -0.2) is 96.1 Å². The lowest BCUT2D eigenvalue weighted by molar-refractivity contribution is -0.140. The maximum atomic E-state index is 13.6. The standard InChI is InChI=1S/C23H36N8O5.C2H4O2/c24-19(32)15-30-13-5-11-28-22(34)29-12-6-14-31(18(20(30)33)9-4-10-27-21(25)26)23(35)36-16-17-7-2-1-3-8-17;1-2(3)4/h1-3,7-8,18H,4-6,9-16H2,(H2,24,32)(H4,25,26,27)(H2,28,29,34);1H3,(H,3,4)/t18-;/m0./s1. The Labute approximate surface area is 233 Å². The van der Waals surface area contributed by atoms with Gasteiger partial charge in [-0.2, -0.15) is 0 Å². The molecule has 0 bridgehead atoms. The predicted molar refractivity (Wildman–Crippen MR) is 147 cm³/mol. The Kier molecular flexibility index (Phi) is 15.6. The van der Waals surface area contributed by atoms with Crippen LogP contribution in [0.25, 0.3) is 0 Å². The molecule has 0 aromatic heterocycles. The number of aliphatic imine (C=N–C) groups is 1. The number of ether oxygens (including phenoxy) is 1. The van der Waals surface area contributed by atoms with E-state index in [9.17, 15) is 19.2 Å². The van der Waals surface area contributed by atoms with E-state index in [1.807, 2.05) is 30.3 Å². The van der Waals surface area contributed by atoms with Crippen LogP contribution < -0.4 is 27.8 Å². The molecule has 1 aromatic carbocycles. The number of aliphatic carboxylic acids is 1. The Morgan fingerprint density at radius 1 is 1.05 bits per heavy atom. The molecule has 222 valence electrons. The van der Waals surface area contributed by atoms with Gasteiger partial charge in [0.2, 0.25) is 11.8 Å². The lowest BCUT2D eigenvalue weighted by atomic mass is 10.1. The molecule has 1 fully saturated rings. The van der Waals surface area contributed by atoms with Gasteiger partial charge in [-0.15, -0.1) is 0 Å². The van der Waals surface area contributed by atoms with E-state index in [1.54, 1.807) is 0 Å². The fourth-order valence-electron chi connectivity index (χ4n) is 3.73. The summed E-state index contributed by atoms with van der Waals surface area (Å²) >= 11 is 0. The molecule has 0 aliphatic carbocycles. The van der Waals surface area contributed by atoms with Crippen LogP contribution in [-0.2, 0) is 25.7 Å². The summed E-state index contributed by atoms with van der Waals surface area (Å²) in [7, 11) is 0. The zero-order valence-electron chi connectivity index (χ0n) is 22.7. The van der Waals surface area contributed by atoms with E-state index >= 15 is 0 Å². The van der Waals surface area contributed by atoms with Crippen molar-refractivity contribution in [3.05, 3.63) is 35.9 Å². The van der Waals surface area contributed by atoms with Crippen molar-refractivity contribution >= 4 is 35.9 Å². The Morgan fingerprint density at radius 2 is 1.65 bits per heavy atom. The second-order valence-corrected chi connectivity index (χ2v) is 8.83. The third-order valence-electron chi connectivity index (χ3n) is 5.44. The summed E-state index contributed by atoms with van der Waals surface area (Å²) in [6.45, 7) is 1.94. The van der Waals surface area contributed by atoms with E-state index in [0.717, 1.165) is 12.5 Å². The van der Waals surface area contributed by atoms with Crippen molar-refractivity contribution in [2.45, 2.75) is 45.3 Å². The third-order valence-corrected chi connectivity index (χ3v) is 5.44. The summed E-state index contributed by atoms with van der Waals surface area (Å²) in [5, 5.41) is 12.8. The predicted octanol–water partition coefficient (Wildman–Crippen LogP) is -0.455. The number of hydrogen-bond acceptors (Lipinski definition) is 7. The van der Waals surface area contributed by atoms with E-state index in [-0.39, 0.29) is 57.7 Å². The lowest BCUT2D eigenvalue weighted by Crippen LogP contribution is -2.53.